The molecule has 0 spiro atoms. The van der Waals surface area contributed by atoms with Crippen molar-refractivity contribution in [1.82, 2.24) is 0 Å². The average Bonchev–Trinajstić information content (AvgIpc) is 3.16. The minimum Gasteiger partial charge on any atom is -0.756 e. The van der Waals surface area contributed by atoms with Gasteiger partial charge in [0.05, 0.1) is 27.7 Å². The van der Waals surface area contributed by atoms with Crippen molar-refractivity contribution in [3.8, 4) is 0 Å². The summed E-state index contributed by atoms with van der Waals surface area (Å²) in [7, 11) is 1.17. The van der Waals surface area contributed by atoms with E-state index in [0.717, 1.165) is 57.8 Å². The molecule has 0 saturated heterocycles. The Balaban J connectivity index is 4.25. The monoisotopic (exact) mass is 828 g/mol. The summed E-state index contributed by atoms with van der Waals surface area (Å²) in [5.41, 5.74) is 0. The second-order valence-electron chi connectivity index (χ2n) is 17.1. The number of phosphoric ester groups is 1. The molecule has 336 valence electrons. The molecule has 0 bridgehead atoms. The van der Waals surface area contributed by atoms with E-state index in [-0.39, 0.29) is 26.1 Å². The number of carbonyl (C=O) groups is 2. The highest BCUT2D eigenvalue weighted by atomic mass is 31.2. The second-order valence-corrected chi connectivity index (χ2v) is 18.5. The lowest BCUT2D eigenvalue weighted by atomic mass is 10.0. The maximum absolute atomic E-state index is 12.7. The summed E-state index contributed by atoms with van der Waals surface area (Å²) in [5, 5.41) is 0. The average molecular weight is 828 g/mol. The Bertz CT molecular complexity index is 1030. The number of phosphoric acid groups is 1. The van der Waals surface area contributed by atoms with Crippen molar-refractivity contribution >= 4 is 19.8 Å². The van der Waals surface area contributed by atoms with E-state index in [9.17, 15) is 19.0 Å². The third-order valence-corrected chi connectivity index (χ3v) is 11.2. The highest BCUT2D eigenvalue weighted by molar-refractivity contribution is 7.45. The summed E-state index contributed by atoms with van der Waals surface area (Å²) >= 11 is 0. The maximum atomic E-state index is 12.7. The first kappa shape index (κ1) is 55.5. The van der Waals surface area contributed by atoms with Gasteiger partial charge in [-0.1, -0.05) is 160 Å². The standard InChI is InChI=1S/C47H90NO8P/c1-6-8-10-12-14-16-18-20-21-22-23-24-25-26-27-28-30-32-34-36-38-40-47(50)56-45(44-55-57(51,52)54-42-41-48(3,4)5)43-53-46(49)39-37-35-33-31-29-19-17-15-13-11-9-7-2/h15,17,20-21,45H,6-14,16,18-19,22-44H2,1-5H3/b17-15+,21-20+/t45-/m1/s1. The number of rotatable bonds is 43. The fourth-order valence-corrected chi connectivity index (χ4v) is 7.20. The Morgan fingerprint density at radius 3 is 1.33 bits per heavy atom. The van der Waals surface area contributed by atoms with E-state index in [1.165, 1.54) is 122 Å². The summed E-state index contributed by atoms with van der Waals surface area (Å²) in [5.74, 6) is -0.840. The summed E-state index contributed by atoms with van der Waals surface area (Å²) in [6.07, 6.45) is 43.5. The van der Waals surface area contributed by atoms with Crippen molar-refractivity contribution in [3.05, 3.63) is 24.3 Å². The predicted molar refractivity (Wildman–Crippen MR) is 236 cm³/mol. The number of allylic oxidation sites excluding steroid dienone is 4. The molecule has 0 aliphatic carbocycles. The van der Waals surface area contributed by atoms with Crippen molar-refractivity contribution in [2.75, 3.05) is 47.5 Å². The van der Waals surface area contributed by atoms with Crippen LogP contribution in [0.1, 0.15) is 213 Å². The number of quaternary nitrogens is 1. The molecule has 0 heterocycles. The first-order chi connectivity index (χ1) is 27.5. The van der Waals surface area contributed by atoms with Crippen LogP contribution in [0.25, 0.3) is 0 Å². The number of esters is 2. The number of unbranched alkanes of at least 4 members (excludes halogenated alkanes) is 25. The largest absolute Gasteiger partial charge is 0.756 e. The minimum absolute atomic E-state index is 0.0308. The van der Waals surface area contributed by atoms with Gasteiger partial charge in [0.15, 0.2) is 6.10 Å². The molecule has 0 amide bonds. The Labute approximate surface area is 351 Å². The van der Waals surface area contributed by atoms with Crippen LogP contribution in [0.4, 0.5) is 0 Å². The van der Waals surface area contributed by atoms with Gasteiger partial charge < -0.3 is 27.9 Å². The topological polar surface area (TPSA) is 111 Å². The Kier molecular flexibility index (Phi) is 38.9. The molecule has 0 radical (unpaired) electrons. The van der Waals surface area contributed by atoms with E-state index in [0.29, 0.717) is 17.4 Å². The van der Waals surface area contributed by atoms with E-state index in [4.69, 9.17) is 18.5 Å². The summed E-state index contributed by atoms with van der Waals surface area (Å²) < 4.78 is 33.9. The van der Waals surface area contributed by atoms with Crippen LogP contribution in [0.5, 0.6) is 0 Å². The number of hydrogen-bond donors (Lipinski definition) is 0. The number of likely N-dealkylation sites (N-methyl/N-ethyl adjacent to an activating group) is 1. The molecule has 57 heavy (non-hydrogen) atoms. The van der Waals surface area contributed by atoms with Gasteiger partial charge in [0, 0.05) is 12.8 Å². The molecule has 0 aromatic carbocycles. The van der Waals surface area contributed by atoms with Crippen LogP contribution in [0, 0.1) is 0 Å². The first-order valence-electron chi connectivity index (χ1n) is 23.5. The zero-order valence-corrected chi connectivity index (χ0v) is 38.7. The Morgan fingerprint density at radius 2 is 0.895 bits per heavy atom. The van der Waals surface area contributed by atoms with Gasteiger partial charge in [0.2, 0.25) is 0 Å². The zero-order chi connectivity index (χ0) is 42.1. The van der Waals surface area contributed by atoms with Gasteiger partial charge in [0.25, 0.3) is 7.82 Å². The smallest absolute Gasteiger partial charge is 0.306 e. The molecule has 0 saturated carbocycles. The third-order valence-electron chi connectivity index (χ3n) is 10.2. The molecule has 0 aliphatic rings. The van der Waals surface area contributed by atoms with Crippen molar-refractivity contribution in [2.45, 2.75) is 219 Å². The normalized spacial score (nSPS) is 13.7. The lowest BCUT2D eigenvalue weighted by Crippen LogP contribution is -2.37. The predicted octanol–water partition coefficient (Wildman–Crippen LogP) is 12.9. The molecule has 0 fully saturated rings. The molecule has 0 aliphatic heterocycles. The molecule has 0 rings (SSSR count). The van der Waals surface area contributed by atoms with Gasteiger partial charge in [-0.25, -0.2) is 0 Å². The van der Waals surface area contributed by atoms with Crippen molar-refractivity contribution in [1.29, 1.82) is 0 Å². The minimum atomic E-state index is -4.62. The van der Waals surface area contributed by atoms with E-state index in [2.05, 4.69) is 38.2 Å². The molecule has 9 nitrogen and oxygen atoms in total. The van der Waals surface area contributed by atoms with Crippen LogP contribution in [0.15, 0.2) is 24.3 Å². The van der Waals surface area contributed by atoms with Crippen molar-refractivity contribution in [2.24, 2.45) is 0 Å². The molecular formula is C47H90NO8P. The molecular weight excluding hydrogens is 737 g/mol. The summed E-state index contributed by atoms with van der Waals surface area (Å²) in [6, 6.07) is 0. The van der Waals surface area contributed by atoms with Crippen LogP contribution in [0.2, 0.25) is 0 Å². The van der Waals surface area contributed by atoms with Crippen LogP contribution in [0.3, 0.4) is 0 Å². The van der Waals surface area contributed by atoms with Gasteiger partial charge in [-0.15, -0.1) is 0 Å². The number of carbonyl (C=O) groups excluding carboxylic acids is 2. The third kappa shape index (κ3) is 43.9. The molecule has 1 unspecified atom stereocenters. The SMILES string of the molecule is CCCCC/C=C/CCCCCCCC(=O)OC[C@H](COP(=O)([O-])OCC[N+](C)(C)C)OC(=O)CCCCCCCCCCCCC/C=C/CCCCCCCC. The Hall–Kier alpha value is -1.51. The van der Waals surface area contributed by atoms with Crippen LogP contribution < -0.4 is 4.89 Å². The number of nitrogens with zero attached hydrogens (tertiary/aromatic N) is 1. The van der Waals surface area contributed by atoms with Crippen molar-refractivity contribution < 1.29 is 42.1 Å². The van der Waals surface area contributed by atoms with Crippen LogP contribution in [-0.2, 0) is 32.7 Å². The number of hydrogen-bond acceptors (Lipinski definition) is 8. The lowest BCUT2D eigenvalue weighted by molar-refractivity contribution is -0.870. The van der Waals surface area contributed by atoms with Gasteiger partial charge >= 0.3 is 11.9 Å². The van der Waals surface area contributed by atoms with Crippen LogP contribution >= 0.6 is 7.82 Å². The van der Waals surface area contributed by atoms with E-state index in [1.54, 1.807) is 0 Å². The quantitative estimate of drug-likeness (QED) is 0.0196. The fraction of sp³-hybridized carbons (Fsp3) is 0.872. The first-order valence-corrected chi connectivity index (χ1v) is 25.0. The highest BCUT2D eigenvalue weighted by Crippen LogP contribution is 2.38. The Morgan fingerprint density at radius 1 is 0.526 bits per heavy atom. The molecule has 0 N–H and O–H groups in total. The van der Waals surface area contributed by atoms with Gasteiger partial charge in [-0.2, -0.15) is 0 Å². The zero-order valence-electron chi connectivity index (χ0n) is 37.8. The van der Waals surface area contributed by atoms with Crippen molar-refractivity contribution in [3.63, 3.8) is 0 Å². The molecule has 2 atom stereocenters. The molecule has 0 aromatic heterocycles. The fourth-order valence-electron chi connectivity index (χ4n) is 6.47. The van der Waals surface area contributed by atoms with E-state index < -0.39 is 32.5 Å². The van der Waals surface area contributed by atoms with Crippen LogP contribution in [-0.4, -0.2) is 70.0 Å². The summed E-state index contributed by atoms with van der Waals surface area (Å²) in [6.45, 7) is 4.20. The van der Waals surface area contributed by atoms with E-state index >= 15 is 0 Å². The second kappa shape index (κ2) is 39.9. The van der Waals surface area contributed by atoms with Gasteiger partial charge in [0.1, 0.15) is 19.8 Å². The van der Waals surface area contributed by atoms with Gasteiger partial charge in [-0.3, -0.25) is 14.2 Å². The molecule has 0 aromatic rings. The number of ether oxygens (including phenoxy) is 2. The summed E-state index contributed by atoms with van der Waals surface area (Å²) in [4.78, 5) is 37.5. The lowest BCUT2D eigenvalue weighted by Gasteiger charge is -2.28. The maximum Gasteiger partial charge on any atom is 0.306 e. The van der Waals surface area contributed by atoms with Gasteiger partial charge in [-0.05, 0) is 64.2 Å². The highest BCUT2D eigenvalue weighted by Gasteiger charge is 2.21. The molecule has 10 heteroatoms. The van der Waals surface area contributed by atoms with E-state index in [1.807, 2.05) is 21.1 Å².